The van der Waals surface area contributed by atoms with Crippen LogP contribution in [-0.4, -0.2) is 25.2 Å². The number of carbonyl (C=O) groups is 1. The van der Waals surface area contributed by atoms with Crippen LogP contribution in [0.25, 0.3) is 21.9 Å². The zero-order valence-electron chi connectivity index (χ0n) is 18.5. The van der Waals surface area contributed by atoms with Crippen LogP contribution in [0.1, 0.15) is 15.9 Å². The Morgan fingerprint density at radius 2 is 1.85 bits per heavy atom. The first-order chi connectivity index (χ1) is 16.5. The Kier molecular flexibility index (Phi) is 5.39. The monoisotopic (exact) mass is 450 g/mol. The number of amides is 1. The molecule has 8 heteroatoms. The van der Waals surface area contributed by atoms with Crippen LogP contribution in [0.3, 0.4) is 0 Å². The largest absolute Gasteiger partial charge is 0.384 e. The molecule has 3 aromatic heterocycles. The van der Waals surface area contributed by atoms with Gasteiger partial charge in [-0.15, -0.1) is 0 Å². The van der Waals surface area contributed by atoms with Crippen LogP contribution in [0, 0.1) is 0 Å². The van der Waals surface area contributed by atoms with E-state index < -0.39 is 0 Å². The first-order valence-corrected chi connectivity index (χ1v) is 10.7. The van der Waals surface area contributed by atoms with Crippen molar-refractivity contribution in [1.82, 2.24) is 19.3 Å². The van der Waals surface area contributed by atoms with E-state index in [0.717, 1.165) is 22.1 Å². The lowest BCUT2D eigenvalue weighted by Gasteiger charge is -2.10. The third-order valence-electron chi connectivity index (χ3n) is 5.59. The second kappa shape index (κ2) is 8.67. The van der Waals surface area contributed by atoms with Crippen LogP contribution in [0.2, 0.25) is 0 Å². The molecule has 34 heavy (non-hydrogen) atoms. The summed E-state index contributed by atoms with van der Waals surface area (Å²) in [4.78, 5) is 29.8. The maximum Gasteiger partial charge on any atom is 0.258 e. The summed E-state index contributed by atoms with van der Waals surface area (Å²) in [7, 11) is 1.79. The van der Waals surface area contributed by atoms with E-state index in [9.17, 15) is 9.59 Å². The highest BCUT2D eigenvalue weighted by atomic mass is 16.1. The van der Waals surface area contributed by atoms with Gasteiger partial charge in [-0.25, -0.2) is 4.98 Å². The van der Waals surface area contributed by atoms with Crippen molar-refractivity contribution in [3.63, 3.8) is 0 Å². The Morgan fingerprint density at radius 3 is 2.65 bits per heavy atom. The third kappa shape index (κ3) is 4.29. The maximum atomic E-state index is 13.1. The van der Waals surface area contributed by atoms with E-state index in [4.69, 9.17) is 5.73 Å². The van der Waals surface area contributed by atoms with Crippen molar-refractivity contribution in [3.05, 3.63) is 107 Å². The van der Waals surface area contributed by atoms with Crippen LogP contribution in [-0.2, 0) is 13.6 Å². The third-order valence-corrected chi connectivity index (χ3v) is 5.59. The molecule has 0 atom stereocenters. The summed E-state index contributed by atoms with van der Waals surface area (Å²) in [5, 5.41) is 8.41. The number of pyridine rings is 2. The van der Waals surface area contributed by atoms with Crippen molar-refractivity contribution in [2.75, 3.05) is 11.1 Å². The zero-order valence-corrected chi connectivity index (χ0v) is 18.5. The fourth-order valence-electron chi connectivity index (χ4n) is 3.90. The number of hydrogen-bond donors (Lipinski definition) is 2. The highest BCUT2D eigenvalue weighted by Gasteiger charge is 2.10. The number of rotatable bonds is 5. The molecule has 3 N–H and O–H groups in total. The van der Waals surface area contributed by atoms with Gasteiger partial charge in [-0.1, -0.05) is 18.2 Å². The van der Waals surface area contributed by atoms with Gasteiger partial charge in [0.15, 0.2) is 5.82 Å². The second-order valence-electron chi connectivity index (χ2n) is 8.05. The molecule has 0 fully saturated rings. The van der Waals surface area contributed by atoms with Crippen LogP contribution in [0.4, 0.5) is 11.6 Å². The summed E-state index contributed by atoms with van der Waals surface area (Å²) in [6.45, 7) is 0.349. The number of aryl methyl sites for hydroxylation is 1. The van der Waals surface area contributed by atoms with E-state index in [1.165, 1.54) is 0 Å². The summed E-state index contributed by atoms with van der Waals surface area (Å²) < 4.78 is 3.26. The molecule has 1 amide bonds. The summed E-state index contributed by atoms with van der Waals surface area (Å²) in [6, 6.07) is 20.3. The molecular weight excluding hydrogens is 428 g/mol. The fraction of sp³-hybridized carbons (Fsp3) is 0.0769. The number of anilines is 2. The smallest absolute Gasteiger partial charge is 0.258 e. The normalized spacial score (nSPS) is 11.0. The highest BCUT2D eigenvalue weighted by Crippen LogP contribution is 2.24. The number of hydrogen-bond acceptors (Lipinski definition) is 5. The van der Waals surface area contributed by atoms with E-state index in [2.05, 4.69) is 15.4 Å². The molecule has 0 aliphatic heterocycles. The Balaban J connectivity index is 1.40. The van der Waals surface area contributed by atoms with E-state index in [0.29, 0.717) is 29.1 Å². The maximum absolute atomic E-state index is 13.1. The molecule has 0 unspecified atom stereocenters. The van der Waals surface area contributed by atoms with Crippen molar-refractivity contribution in [1.29, 1.82) is 0 Å². The number of nitrogen functional groups attached to an aromatic ring is 1. The Morgan fingerprint density at radius 1 is 1.00 bits per heavy atom. The second-order valence-corrected chi connectivity index (χ2v) is 8.05. The van der Waals surface area contributed by atoms with Gasteiger partial charge in [0.05, 0.1) is 6.54 Å². The molecule has 5 aromatic rings. The zero-order chi connectivity index (χ0) is 23.7. The van der Waals surface area contributed by atoms with Crippen molar-refractivity contribution in [2.45, 2.75) is 6.54 Å². The van der Waals surface area contributed by atoms with E-state index in [-0.39, 0.29) is 11.5 Å². The minimum Gasteiger partial charge on any atom is -0.384 e. The lowest BCUT2D eigenvalue weighted by molar-refractivity contribution is 0.102. The molecule has 2 aromatic carbocycles. The van der Waals surface area contributed by atoms with Gasteiger partial charge in [0.1, 0.15) is 5.82 Å². The summed E-state index contributed by atoms with van der Waals surface area (Å²) in [5.74, 6) is 0.678. The van der Waals surface area contributed by atoms with Crippen molar-refractivity contribution in [3.8, 4) is 11.1 Å². The first kappa shape index (κ1) is 21.1. The average Bonchev–Trinajstić information content (AvgIpc) is 3.25. The molecule has 0 radical (unpaired) electrons. The SMILES string of the molecule is Cn1ccc(NC(=O)c2cccc(Cn3ccc4cc(-c5ccnc(N)c5)ccc4c3=O)c2)n1. The molecule has 3 heterocycles. The van der Waals surface area contributed by atoms with Gasteiger partial charge in [-0.05, 0) is 64.5 Å². The molecule has 8 nitrogen and oxygen atoms in total. The number of carbonyl (C=O) groups excluding carboxylic acids is 1. The fourth-order valence-corrected chi connectivity index (χ4v) is 3.90. The molecule has 0 saturated heterocycles. The lowest BCUT2D eigenvalue weighted by Crippen LogP contribution is -2.20. The van der Waals surface area contributed by atoms with Crippen molar-refractivity contribution in [2.24, 2.45) is 7.05 Å². The predicted octanol–water partition coefficient (Wildman–Crippen LogP) is 3.68. The molecule has 0 bridgehead atoms. The summed E-state index contributed by atoms with van der Waals surface area (Å²) in [6.07, 6.45) is 5.20. The van der Waals surface area contributed by atoms with Crippen LogP contribution >= 0.6 is 0 Å². The lowest BCUT2D eigenvalue weighted by atomic mass is 10.0. The highest BCUT2D eigenvalue weighted by molar-refractivity contribution is 6.03. The molecule has 0 aliphatic carbocycles. The van der Waals surface area contributed by atoms with Gasteiger partial charge < -0.3 is 15.6 Å². The quantitative estimate of drug-likeness (QED) is 0.425. The molecular formula is C26H22N6O2. The van der Waals surface area contributed by atoms with Crippen molar-refractivity contribution < 1.29 is 4.79 Å². The number of aromatic nitrogens is 4. The van der Waals surface area contributed by atoms with E-state index >= 15 is 0 Å². The number of nitrogens with two attached hydrogens (primary N) is 1. The predicted molar refractivity (Wildman–Crippen MR) is 133 cm³/mol. The molecule has 0 aliphatic rings. The average molecular weight is 451 g/mol. The van der Waals surface area contributed by atoms with Gasteiger partial charge in [-0.2, -0.15) is 5.10 Å². The first-order valence-electron chi connectivity index (χ1n) is 10.7. The van der Waals surface area contributed by atoms with Gasteiger partial charge in [-0.3, -0.25) is 14.3 Å². The van der Waals surface area contributed by atoms with Gasteiger partial charge >= 0.3 is 0 Å². The standard InChI is InChI=1S/C26H22N6O2/c1-31-11-9-24(30-31)29-25(33)21-4-2-3-17(13-21)16-32-12-8-20-14-18(5-6-22(20)26(32)34)19-7-10-28-23(27)15-19/h2-15H,16H2,1H3,(H2,27,28)(H,29,30,33). The topological polar surface area (TPSA) is 108 Å². The molecule has 5 rings (SSSR count). The van der Waals surface area contributed by atoms with Crippen LogP contribution < -0.4 is 16.6 Å². The van der Waals surface area contributed by atoms with E-state index in [1.807, 2.05) is 36.4 Å². The summed E-state index contributed by atoms with van der Waals surface area (Å²) >= 11 is 0. The number of benzene rings is 2. The summed E-state index contributed by atoms with van der Waals surface area (Å²) in [5.41, 5.74) is 8.96. The van der Waals surface area contributed by atoms with E-state index in [1.54, 1.807) is 65.2 Å². The minimum absolute atomic E-state index is 0.0957. The number of nitrogens with one attached hydrogen (secondary N) is 1. The molecule has 168 valence electrons. The Bertz CT molecular complexity index is 1580. The Hall–Kier alpha value is -4.72. The van der Waals surface area contributed by atoms with Crippen LogP contribution in [0.5, 0.6) is 0 Å². The van der Waals surface area contributed by atoms with Crippen LogP contribution in [0.15, 0.2) is 90.1 Å². The Labute approximate surface area is 195 Å². The van der Waals surface area contributed by atoms with Crippen molar-refractivity contribution >= 4 is 28.3 Å². The van der Waals surface area contributed by atoms with Gasteiger partial charge in [0.25, 0.3) is 11.5 Å². The van der Waals surface area contributed by atoms with Gasteiger partial charge in [0, 0.05) is 42.7 Å². The number of fused-ring (bicyclic) bond motifs is 1. The minimum atomic E-state index is -0.254. The molecule has 0 spiro atoms. The number of nitrogens with zero attached hydrogens (tertiary/aromatic N) is 4. The molecule has 0 saturated carbocycles. The van der Waals surface area contributed by atoms with Gasteiger partial charge in [0.2, 0.25) is 0 Å².